The van der Waals surface area contributed by atoms with Gasteiger partial charge in [-0.1, -0.05) is 184 Å². The van der Waals surface area contributed by atoms with Gasteiger partial charge in [-0.25, -0.2) is 0 Å². The van der Waals surface area contributed by atoms with E-state index in [2.05, 4.69) is 60.8 Å². The molecule has 0 aliphatic carbocycles. The van der Waals surface area contributed by atoms with E-state index >= 15 is 0 Å². The summed E-state index contributed by atoms with van der Waals surface area (Å²) in [5.74, 6) is -0.289. The van der Waals surface area contributed by atoms with Crippen LogP contribution >= 0.6 is 0 Å². The predicted molar refractivity (Wildman–Crippen MR) is 300 cm³/mol. The molecule has 0 aromatic heterocycles. The molecule has 79 heavy (non-hydrogen) atoms. The van der Waals surface area contributed by atoms with E-state index in [4.69, 9.17) is 28.4 Å². The van der Waals surface area contributed by atoms with Crippen LogP contribution < -0.4 is 5.32 Å². The molecule has 458 valence electrons. The number of rotatable bonds is 43. The van der Waals surface area contributed by atoms with E-state index in [0.717, 1.165) is 51.4 Å². The molecule has 19 heteroatoms. The van der Waals surface area contributed by atoms with E-state index in [0.29, 0.717) is 12.8 Å². The first-order chi connectivity index (χ1) is 38.3. The van der Waals surface area contributed by atoms with Crippen LogP contribution in [0, 0.1) is 0 Å². The van der Waals surface area contributed by atoms with Crippen LogP contribution in [0.5, 0.6) is 0 Å². The largest absolute Gasteiger partial charge is 0.394 e. The van der Waals surface area contributed by atoms with Gasteiger partial charge in [0.05, 0.1) is 38.6 Å². The minimum Gasteiger partial charge on any atom is -0.394 e. The smallest absolute Gasteiger partial charge is 0.220 e. The number of unbranched alkanes of at least 4 members (excludes halogenated alkanes) is 19. The number of carbonyl (C=O) groups is 1. The van der Waals surface area contributed by atoms with Crippen LogP contribution in [0.15, 0.2) is 60.8 Å². The van der Waals surface area contributed by atoms with Crippen LogP contribution in [0.25, 0.3) is 0 Å². The molecule has 1 amide bonds. The third-order valence-electron chi connectivity index (χ3n) is 14.8. The van der Waals surface area contributed by atoms with Crippen molar-refractivity contribution in [1.82, 2.24) is 5.32 Å². The molecule has 3 fully saturated rings. The second-order valence-electron chi connectivity index (χ2n) is 21.4. The Balaban J connectivity index is 1.28. The van der Waals surface area contributed by atoms with Crippen molar-refractivity contribution in [1.29, 1.82) is 0 Å². The molecular weight excluding hydrogens is 1020 g/mol. The van der Waals surface area contributed by atoms with Gasteiger partial charge in [0.25, 0.3) is 0 Å². The maximum absolute atomic E-state index is 13.1. The Morgan fingerprint density at radius 3 is 1.34 bits per heavy atom. The van der Waals surface area contributed by atoms with E-state index in [1.807, 2.05) is 6.92 Å². The average Bonchev–Trinajstić information content (AvgIpc) is 3.55. The van der Waals surface area contributed by atoms with Crippen molar-refractivity contribution in [3.63, 3.8) is 0 Å². The van der Waals surface area contributed by atoms with Crippen LogP contribution in [0.4, 0.5) is 0 Å². The standard InChI is InChI=1S/C60H105NO18/c1-3-5-7-8-9-10-11-12-13-14-15-16-17-18-19-20-21-22-23-24-25-26-27-28-29-30-31-32-33-34-36-38-48(66)61-43(44(65)37-35-6-4-2)42-74-58-54(72)51(69)56(46(40-63)76-58)79-60-55(73)52(70)57(47(41-64)77-60)78-59-53(71)50(68)49(67)45(39-62)75-59/h5,7,9-10,12-13,15-16,35,37,43-47,49-60,62-65,67-73H,3-4,6,8,11,14,17-34,36,38-42H2,1-2H3,(H,61,66)/b7-5-,10-9-,13-12-,16-15-,37-35+. The van der Waals surface area contributed by atoms with Gasteiger partial charge in [0.15, 0.2) is 18.9 Å². The molecule has 12 N–H and O–H groups in total. The quantitative estimate of drug-likeness (QED) is 0.0274. The molecule has 0 aromatic carbocycles. The molecule has 0 aromatic rings. The number of nitrogens with one attached hydrogen (secondary N) is 1. The van der Waals surface area contributed by atoms with Gasteiger partial charge in [0.1, 0.15) is 73.2 Å². The normalized spacial score (nSPS) is 30.7. The number of aliphatic hydroxyl groups excluding tert-OH is 11. The summed E-state index contributed by atoms with van der Waals surface area (Å²) in [4.78, 5) is 13.1. The Bertz CT molecular complexity index is 1680. The van der Waals surface area contributed by atoms with Crippen molar-refractivity contribution in [3.05, 3.63) is 60.8 Å². The lowest BCUT2D eigenvalue weighted by Gasteiger charge is -2.48. The van der Waals surface area contributed by atoms with Crippen molar-refractivity contribution in [2.24, 2.45) is 0 Å². The minimum absolute atomic E-state index is 0.240. The van der Waals surface area contributed by atoms with Gasteiger partial charge >= 0.3 is 0 Å². The minimum atomic E-state index is -1.98. The van der Waals surface area contributed by atoms with Gasteiger partial charge in [-0.15, -0.1) is 0 Å². The number of aliphatic hydroxyl groups is 11. The van der Waals surface area contributed by atoms with Gasteiger partial charge in [0.2, 0.25) is 5.91 Å². The number of carbonyl (C=O) groups excluding carboxylic acids is 1. The van der Waals surface area contributed by atoms with Gasteiger partial charge in [0, 0.05) is 6.42 Å². The Hall–Kier alpha value is -2.51. The topological polar surface area (TPSA) is 307 Å². The van der Waals surface area contributed by atoms with Gasteiger partial charge in [-0.3, -0.25) is 4.79 Å². The fraction of sp³-hybridized carbons (Fsp3) is 0.817. The molecule has 3 heterocycles. The first kappa shape index (κ1) is 70.8. The number of ether oxygens (including phenoxy) is 6. The summed E-state index contributed by atoms with van der Waals surface area (Å²) < 4.78 is 33.9. The Morgan fingerprint density at radius 1 is 0.468 bits per heavy atom. The van der Waals surface area contributed by atoms with Crippen LogP contribution in [-0.4, -0.2) is 193 Å². The number of hydrogen-bond acceptors (Lipinski definition) is 18. The summed E-state index contributed by atoms with van der Waals surface area (Å²) in [5, 5.41) is 119. The molecule has 17 unspecified atom stereocenters. The predicted octanol–water partition coefficient (Wildman–Crippen LogP) is 5.26. The molecule has 3 aliphatic rings. The SMILES string of the molecule is CC/C=C\C/C=C\C/C=C\C/C=C\CCCCCCCCCCCCCCCCCCCCC(=O)NC(COC1OC(CO)C(OC2OC(CO)C(OC3OC(CO)C(O)C(O)C3O)C(O)C2O)C(O)C1O)C(O)/C=C/CCC. The summed E-state index contributed by atoms with van der Waals surface area (Å²) in [6.07, 6.45) is 23.6. The molecule has 17 atom stereocenters. The van der Waals surface area contributed by atoms with Crippen molar-refractivity contribution in [3.8, 4) is 0 Å². The van der Waals surface area contributed by atoms with E-state index in [1.165, 1.54) is 96.3 Å². The lowest BCUT2D eigenvalue weighted by atomic mass is 9.96. The number of amides is 1. The van der Waals surface area contributed by atoms with Crippen LogP contribution in [-0.2, 0) is 33.2 Å². The summed E-state index contributed by atoms with van der Waals surface area (Å²) >= 11 is 0. The summed E-state index contributed by atoms with van der Waals surface area (Å²) in [5.41, 5.74) is 0. The summed E-state index contributed by atoms with van der Waals surface area (Å²) in [7, 11) is 0. The van der Waals surface area contributed by atoms with Gasteiger partial charge in [-0.05, 0) is 51.4 Å². The molecule has 0 saturated carbocycles. The molecule has 0 bridgehead atoms. The van der Waals surface area contributed by atoms with Crippen LogP contribution in [0.3, 0.4) is 0 Å². The molecular formula is C60H105NO18. The molecule has 3 rings (SSSR count). The van der Waals surface area contributed by atoms with Gasteiger partial charge < -0.3 is 89.9 Å². The zero-order valence-electron chi connectivity index (χ0n) is 47.6. The van der Waals surface area contributed by atoms with Crippen LogP contribution in [0.2, 0.25) is 0 Å². The third kappa shape index (κ3) is 27.2. The number of allylic oxidation sites excluding steroid dienone is 9. The maximum atomic E-state index is 13.1. The van der Waals surface area contributed by atoms with E-state index in [9.17, 15) is 61.0 Å². The highest BCUT2D eigenvalue weighted by atomic mass is 16.8. The Labute approximate surface area is 471 Å². The first-order valence-corrected chi connectivity index (χ1v) is 30.0. The second-order valence-corrected chi connectivity index (χ2v) is 21.4. The molecule has 3 saturated heterocycles. The van der Waals surface area contributed by atoms with Crippen molar-refractivity contribution < 1.29 is 89.4 Å². The Morgan fingerprint density at radius 2 is 0.873 bits per heavy atom. The lowest BCUT2D eigenvalue weighted by molar-refractivity contribution is -0.379. The monoisotopic (exact) mass is 1130 g/mol. The van der Waals surface area contributed by atoms with Crippen molar-refractivity contribution in [2.75, 3.05) is 26.4 Å². The van der Waals surface area contributed by atoms with Crippen molar-refractivity contribution in [2.45, 2.75) is 285 Å². The number of hydrogen-bond donors (Lipinski definition) is 12. The Kier molecular flexibility index (Phi) is 38.7. The fourth-order valence-corrected chi connectivity index (χ4v) is 9.89. The molecule has 3 aliphatic heterocycles. The van der Waals surface area contributed by atoms with Gasteiger partial charge in [-0.2, -0.15) is 0 Å². The zero-order chi connectivity index (χ0) is 57.6. The van der Waals surface area contributed by atoms with E-state index in [1.54, 1.807) is 12.2 Å². The highest BCUT2D eigenvalue weighted by Crippen LogP contribution is 2.33. The summed E-state index contributed by atoms with van der Waals surface area (Å²) in [6.45, 7) is 1.36. The molecule has 0 radical (unpaired) electrons. The molecule has 19 nitrogen and oxygen atoms in total. The fourth-order valence-electron chi connectivity index (χ4n) is 9.89. The van der Waals surface area contributed by atoms with E-state index in [-0.39, 0.29) is 18.9 Å². The van der Waals surface area contributed by atoms with Crippen LogP contribution in [0.1, 0.15) is 181 Å². The average molecular weight is 1130 g/mol. The highest BCUT2D eigenvalue weighted by molar-refractivity contribution is 5.76. The lowest BCUT2D eigenvalue weighted by Crippen LogP contribution is -2.66. The first-order valence-electron chi connectivity index (χ1n) is 30.0. The second kappa shape index (κ2) is 43.2. The highest BCUT2D eigenvalue weighted by Gasteiger charge is 2.53. The maximum Gasteiger partial charge on any atom is 0.220 e. The summed E-state index contributed by atoms with van der Waals surface area (Å²) in [6, 6.07) is -0.969. The molecule has 0 spiro atoms. The third-order valence-corrected chi connectivity index (χ3v) is 14.8. The van der Waals surface area contributed by atoms with E-state index < -0.39 is 124 Å². The van der Waals surface area contributed by atoms with Crippen molar-refractivity contribution >= 4 is 5.91 Å². The zero-order valence-corrected chi connectivity index (χ0v) is 47.6.